The number of anilines is 2. The molecule has 2 rings (SSSR count). The van der Waals surface area contributed by atoms with E-state index in [-0.39, 0.29) is 5.56 Å². The minimum atomic E-state index is -1.02. The quantitative estimate of drug-likeness (QED) is 0.884. The zero-order chi connectivity index (χ0) is 14.0. The molecule has 0 amide bonds. The number of hydrogen-bond donors (Lipinski definition) is 2. The fraction of sp³-hybridized carbons (Fsp3) is 0.214. The number of nitrogens with one attached hydrogen (secondary N) is 1. The number of para-hydroxylation sites is 1. The van der Waals surface area contributed by atoms with Gasteiger partial charge in [0.2, 0.25) is 5.95 Å². The highest BCUT2D eigenvalue weighted by Crippen LogP contribution is 2.22. The lowest BCUT2D eigenvalue weighted by molar-refractivity contribution is 0.0695. The molecule has 0 bridgehead atoms. The highest BCUT2D eigenvalue weighted by molar-refractivity contribution is 5.88. The predicted molar refractivity (Wildman–Crippen MR) is 72.9 cm³/mol. The molecule has 0 aliphatic rings. The molecule has 0 saturated carbocycles. The number of aryl methyl sites for hydroxylation is 3. The molecule has 1 heterocycles. The molecule has 0 unspecified atom stereocenters. The first-order valence-electron chi connectivity index (χ1n) is 5.89. The number of rotatable bonds is 3. The topological polar surface area (TPSA) is 75.1 Å². The highest BCUT2D eigenvalue weighted by Gasteiger charge is 2.11. The van der Waals surface area contributed by atoms with E-state index in [4.69, 9.17) is 5.11 Å². The summed E-state index contributed by atoms with van der Waals surface area (Å²) in [5.74, 6) is -0.615. The molecule has 0 radical (unpaired) electrons. The molecule has 0 saturated heterocycles. The van der Waals surface area contributed by atoms with Crippen molar-refractivity contribution in [1.82, 2.24) is 9.97 Å². The van der Waals surface area contributed by atoms with Gasteiger partial charge in [0.05, 0.1) is 11.3 Å². The Bertz CT molecular complexity index is 618. The van der Waals surface area contributed by atoms with E-state index in [1.165, 1.54) is 6.20 Å². The summed E-state index contributed by atoms with van der Waals surface area (Å²) in [5, 5.41) is 12.1. The minimum Gasteiger partial charge on any atom is -0.478 e. The van der Waals surface area contributed by atoms with E-state index in [2.05, 4.69) is 15.3 Å². The third kappa shape index (κ3) is 2.70. The second-order valence-electron chi connectivity index (χ2n) is 4.39. The zero-order valence-corrected chi connectivity index (χ0v) is 11.1. The van der Waals surface area contributed by atoms with Crippen molar-refractivity contribution >= 4 is 17.6 Å². The van der Waals surface area contributed by atoms with E-state index in [9.17, 15) is 4.79 Å². The van der Waals surface area contributed by atoms with Gasteiger partial charge in [0.25, 0.3) is 0 Å². The Balaban J connectivity index is 2.34. The summed E-state index contributed by atoms with van der Waals surface area (Å²) in [6, 6.07) is 5.97. The Labute approximate surface area is 111 Å². The Hall–Kier alpha value is -2.43. The molecular formula is C14H15N3O2. The fourth-order valence-electron chi connectivity index (χ4n) is 1.86. The summed E-state index contributed by atoms with van der Waals surface area (Å²) < 4.78 is 0. The lowest BCUT2D eigenvalue weighted by atomic mass is 10.1. The molecule has 1 aromatic carbocycles. The number of aromatic carboxylic acids is 1. The first-order valence-corrected chi connectivity index (χ1v) is 5.89. The van der Waals surface area contributed by atoms with Gasteiger partial charge in [0, 0.05) is 11.9 Å². The van der Waals surface area contributed by atoms with Gasteiger partial charge in [-0.05, 0) is 31.9 Å². The van der Waals surface area contributed by atoms with Crippen LogP contribution in [-0.2, 0) is 0 Å². The van der Waals surface area contributed by atoms with Crippen LogP contribution in [0.1, 0.15) is 27.2 Å². The lowest BCUT2D eigenvalue weighted by Gasteiger charge is -2.11. The van der Waals surface area contributed by atoms with Crippen LogP contribution >= 0.6 is 0 Å². The van der Waals surface area contributed by atoms with Crippen molar-refractivity contribution in [3.05, 3.63) is 46.8 Å². The van der Waals surface area contributed by atoms with Crippen LogP contribution in [0, 0.1) is 20.8 Å². The standard InChI is InChI=1S/C14H15N3O2/c1-8-5-4-6-9(2)12(8)17-14-15-7-11(13(18)19)10(3)16-14/h4-7H,1-3H3,(H,18,19)(H,15,16,17). The van der Waals surface area contributed by atoms with Gasteiger partial charge in [-0.1, -0.05) is 18.2 Å². The third-order valence-corrected chi connectivity index (χ3v) is 2.93. The van der Waals surface area contributed by atoms with Gasteiger partial charge in [-0.25, -0.2) is 14.8 Å². The van der Waals surface area contributed by atoms with Gasteiger partial charge in [-0.2, -0.15) is 0 Å². The minimum absolute atomic E-state index is 0.118. The van der Waals surface area contributed by atoms with E-state index in [0.29, 0.717) is 11.6 Å². The van der Waals surface area contributed by atoms with E-state index in [0.717, 1.165) is 16.8 Å². The van der Waals surface area contributed by atoms with E-state index >= 15 is 0 Å². The number of nitrogens with zero attached hydrogens (tertiary/aromatic N) is 2. The first-order chi connectivity index (χ1) is 8.99. The monoisotopic (exact) mass is 257 g/mol. The molecule has 1 aromatic heterocycles. The summed E-state index contributed by atoms with van der Waals surface area (Å²) >= 11 is 0. The van der Waals surface area contributed by atoms with Gasteiger partial charge >= 0.3 is 5.97 Å². The van der Waals surface area contributed by atoms with Crippen molar-refractivity contribution in [3.8, 4) is 0 Å². The molecule has 0 spiro atoms. The average molecular weight is 257 g/mol. The Kier molecular flexibility index (Phi) is 3.46. The molecule has 19 heavy (non-hydrogen) atoms. The molecule has 5 nitrogen and oxygen atoms in total. The molecule has 0 aliphatic heterocycles. The van der Waals surface area contributed by atoms with Crippen molar-refractivity contribution in [3.63, 3.8) is 0 Å². The summed E-state index contributed by atoms with van der Waals surface area (Å²) in [6.45, 7) is 5.64. The van der Waals surface area contributed by atoms with E-state index in [1.54, 1.807) is 6.92 Å². The SMILES string of the molecule is Cc1cccc(C)c1Nc1ncc(C(=O)O)c(C)n1. The van der Waals surface area contributed by atoms with Crippen LogP contribution in [0.5, 0.6) is 0 Å². The Morgan fingerprint density at radius 2 is 1.84 bits per heavy atom. The van der Waals surface area contributed by atoms with Crippen molar-refractivity contribution < 1.29 is 9.90 Å². The first kappa shape index (κ1) is 13.0. The van der Waals surface area contributed by atoms with Crippen LogP contribution in [-0.4, -0.2) is 21.0 Å². The number of aromatic nitrogens is 2. The summed E-state index contributed by atoms with van der Waals surface area (Å²) in [4.78, 5) is 19.1. The van der Waals surface area contributed by atoms with Gasteiger partial charge in [0.1, 0.15) is 0 Å². The van der Waals surface area contributed by atoms with Gasteiger partial charge in [0.15, 0.2) is 0 Å². The zero-order valence-electron chi connectivity index (χ0n) is 11.1. The number of carbonyl (C=O) groups is 1. The predicted octanol–water partition coefficient (Wildman–Crippen LogP) is 2.84. The lowest BCUT2D eigenvalue weighted by Crippen LogP contribution is -2.07. The van der Waals surface area contributed by atoms with Gasteiger partial charge in [-0.3, -0.25) is 0 Å². The third-order valence-electron chi connectivity index (χ3n) is 2.93. The number of benzene rings is 1. The highest BCUT2D eigenvalue weighted by atomic mass is 16.4. The number of hydrogen-bond acceptors (Lipinski definition) is 4. The van der Waals surface area contributed by atoms with Crippen LogP contribution in [0.4, 0.5) is 11.6 Å². The molecular weight excluding hydrogens is 242 g/mol. The number of carboxylic acids is 1. The maximum atomic E-state index is 10.9. The fourth-order valence-corrected chi connectivity index (χ4v) is 1.86. The van der Waals surface area contributed by atoms with Crippen LogP contribution in [0.25, 0.3) is 0 Å². The molecule has 2 N–H and O–H groups in total. The molecule has 0 atom stereocenters. The van der Waals surface area contributed by atoms with E-state index in [1.807, 2.05) is 32.0 Å². The van der Waals surface area contributed by atoms with Crippen LogP contribution < -0.4 is 5.32 Å². The van der Waals surface area contributed by atoms with Crippen LogP contribution in [0.15, 0.2) is 24.4 Å². The smallest absolute Gasteiger partial charge is 0.339 e. The van der Waals surface area contributed by atoms with Crippen molar-refractivity contribution in [2.75, 3.05) is 5.32 Å². The summed E-state index contributed by atoms with van der Waals surface area (Å²) in [5.41, 5.74) is 3.68. The molecule has 0 aliphatic carbocycles. The molecule has 2 aromatic rings. The van der Waals surface area contributed by atoms with Gasteiger partial charge in [-0.15, -0.1) is 0 Å². The second-order valence-corrected chi connectivity index (χ2v) is 4.39. The average Bonchev–Trinajstić information content (AvgIpc) is 2.33. The Morgan fingerprint density at radius 3 is 2.37 bits per heavy atom. The molecule has 98 valence electrons. The normalized spacial score (nSPS) is 10.3. The number of carboxylic acid groups (broad SMARTS) is 1. The summed E-state index contributed by atoms with van der Waals surface area (Å²) in [6.07, 6.45) is 1.32. The van der Waals surface area contributed by atoms with Crippen LogP contribution in [0.3, 0.4) is 0 Å². The van der Waals surface area contributed by atoms with Gasteiger partial charge < -0.3 is 10.4 Å². The maximum absolute atomic E-state index is 10.9. The molecule has 0 fully saturated rings. The largest absolute Gasteiger partial charge is 0.478 e. The summed E-state index contributed by atoms with van der Waals surface area (Å²) in [7, 11) is 0. The maximum Gasteiger partial charge on any atom is 0.339 e. The van der Waals surface area contributed by atoms with Crippen LogP contribution in [0.2, 0.25) is 0 Å². The Morgan fingerprint density at radius 1 is 1.21 bits per heavy atom. The van der Waals surface area contributed by atoms with E-state index < -0.39 is 5.97 Å². The molecule has 5 heteroatoms. The van der Waals surface area contributed by atoms with Crippen molar-refractivity contribution in [2.45, 2.75) is 20.8 Å². The second kappa shape index (κ2) is 5.06. The van der Waals surface area contributed by atoms with Crippen molar-refractivity contribution in [2.24, 2.45) is 0 Å². The van der Waals surface area contributed by atoms with Crippen molar-refractivity contribution in [1.29, 1.82) is 0 Å².